The van der Waals surface area contributed by atoms with Crippen LogP contribution in [0, 0.1) is 0 Å². The molecule has 3 amide bonds. The number of aliphatic imine (C=N–C) groups is 1. The van der Waals surface area contributed by atoms with Gasteiger partial charge in [0, 0.05) is 13.1 Å². The molecule has 8 N–H and O–H groups in total. The number of rotatable bonds is 13. The summed E-state index contributed by atoms with van der Waals surface area (Å²) in [6, 6.07) is 24.4. The molecule has 0 aliphatic heterocycles. The highest BCUT2D eigenvalue weighted by Crippen LogP contribution is 2.25. The van der Waals surface area contributed by atoms with Crippen molar-refractivity contribution in [1.29, 1.82) is 0 Å². The van der Waals surface area contributed by atoms with Gasteiger partial charge in [0.05, 0.1) is 5.92 Å². The Kier molecular flexibility index (Phi) is 10.9. The Labute approximate surface area is 227 Å². The van der Waals surface area contributed by atoms with Crippen LogP contribution < -0.4 is 27.8 Å². The van der Waals surface area contributed by atoms with Crippen LogP contribution in [-0.4, -0.2) is 36.5 Å². The molecule has 0 saturated heterocycles. The lowest BCUT2D eigenvalue weighted by Crippen LogP contribution is -2.44. The number of carbonyl (C=O) groups is 3. The van der Waals surface area contributed by atoms with Crippen LogP contribution in [0.1, 0.15) is 41.0 Å². The number of esters is 1. The molecule has 1 atom stereocenters. The number of primary amides is 1. The van der Waals surface area contributed by atoms with E-state index >= 15 is 0 Å². The Balaban J connectivity index is 1.72. The van der Waals surface area contributed by atoms with Crippen LogP contribution in [0.3, 0.4) is 0 Å². The average Bonchev–Trinajstić information content (AvgIpc) is 2.94. The fraction of sp³-hybridized carbons (Fsp3) is 0.241. The van der Waals surface area contributed by atoms with Gasteiger partial charge in [-0.2, -0.15) is 0 Å². The summed E-state index contributed by atoms with van der Waals surface area (Å²) in [7, 11) is 0. The van der Waals surface area contributed by atoms with Crippen molar-refractivity contribution in [2.75, 3.05) is 6.54 Å². The van der Waals surface area contributed by atoms with Gasteiger partial charge in [-0.25, -0.2) is 9.59 Å². The molecule has 0 fully saturated rings. The molecule has 0 heterocycles. The highest BCUT2D eigenvalue weighted by molar-refractivity contribution is 5.91. The van der Waals surface area contributed by atoms with E-state index in [9.17, 15) is 14.4 Å². The highest BCUT2D eigenvalue weighted by atomic mass is 16.5. The number of nitrogens with zero attached hydrogens (tertiary/aromatic N) is 1. The van der Waals surface area contributed by atoms with E-state index in [1.807, 2.05) is 60.7 Å². The second kappa shape index (κ2) is 14.8. The Morgan fingerprint density at radius 1 is 0.795 bits per heavy atom. The molecule has 0 aromatic heterocycles. The van der Waals surface area contributed by atoms with E-state index in [0.29, 0.717) is 19.5 Å². The maximum absolute atomic E-state index is 13.6. The van der Waals surface area contributed by atoms with E-state index in [0.717, 1.165) is 22.3 Å². The van der Waals surface area contributed by atoms with Gasteiger partial charge in [-0.1, -0.05) is 84.9 Å². The predicted molar refractivity (Wildman–Crippen MR) is 149 cm³/mol. The second-order valence-electron chi connectivity index (χ2n) is 8.91. The quantitative estimate of drug-likeness (QED) is 0.0980. The van der Waals surface area contributed by atoms with Gasteiger partial charge in [0.25, 0.3) is 0 Å². The minimum absolute atomic E-state index is 0.0173. The van der Waals surface area contributed by atoms with Crippen molar-refractivity contribution in [2.24, 2.45) is 22.2 Å². The number of hydrogen-bond donors (Lipinski definition) is 5. The summed E-state index contributed by atoms with van der Waals surface area (Å²) in [6.07, 6.45) is 0.746. The standard InChI is InChI=1S/C29H34N6O4/c30-28(31)33-17-7-12-24(27(37)39-19-21-15-13-20(14-16-21)18-34-29(32)38)35-26(36)25(22-8-3-1-4-9-22)23-10-5-2-6-11-23/h1-6,8-11,13-16,24-25H,7,12,17-19H2,(H,35,36)(H4,30,31,33)(H3,32,34,38)/t24-/m1/s1. The first kappa shape index (κ1) is 28.7. The van der Waals surface area contributed by atoms with Crippen molar-refractivity contribution >= 4 is 23.9 Å². The first-order valence-corrected chi connectivity index (χ1v) is 12.6. The number of nitrogens with one attached hydrogen (secondary N) is 2. The molecule has 0 aliphatic carbocycles. The molecule has 204 valence electrons. The molecule has 39 heavy (non-hydrogen) atoms. The molecule has 10 heteroatoms. The summed E-state index contributed by atoms with van der Waals surface area (Å²) in [5, 5.41) is 5.42. The van der Waals surface area contributed by atoms with Gasteiger partial charge in [-0.3, -0.25) is 9.79 Å². The molecule has 0 unspecified atom stereocenters. The third kappa shape index (κ3) is 9.51. The number of ether oxygens (including phenoxy) is 1. The maximum atomic E-state index is 13.6. The van der Waals surface area contributed by atoms with Crippen molar-refractivity contribution in [3.63, 3.8) is 0 Å². The van der Waals surface area contributed by atoms with Crippen molar-refractivity contribution < 1.29 is 19.1 Å². The SMILES string of the molecule is NC(=O)NCc1ccc(COC(=O)[C@@H](CCCN=C(N)N)NC(=O)C(c2ccccc2)c2ccccc2)cc1. The van der Waals surface area contributed by atoms with Crippen LogP contribution in [0.4, 0.5) is 4.79 Å². The Bertz CT molecular complexity index is 1210. The van der Waals surface area contributed by atoms with Crippen molar-refractivity contribution in [3.8, 4) is 0 Å². The van der Waals surface area contributed by atoms with Crippen molar-refractivity contribution in [1.82, 2.24) is 10.6 Å². The fourth-order valence-corrected chi connectivity index (χ4v) is 3.99. The highest BCUT2D eigenvalue weighted by Gasteiger charge is 2.28. The second-order valence-corrected chi connectivity index (χ2v) is 8.91. The largest absolute Gasteiger partial charge is 0.459 e. The van der Waals surface area contributed by atoms with Gasteiger partial charge < -0.3 is 32.6 Å². The Morgan fingerprint density at radius 2 is 1.36 bits per heavy atom. The van der Waals surface area contributed by atoms with Crippen LogP contribution in [0.25, 0.3) is 0 Å². The van der Waals surface area contributed by atoms with Crippen LogP contribution in [0.5, 0.6) is 0 Å². The molecule has 3 aromatic rings. The first-order chi connectivity index (χ1) is 18.8. The van der Waals surface area contributed by atoms with Crippen LogP contribution in [-0.2, 0) is 27.5 Å². The number of carbonyl (C=O) groups excluding carboxylic acids is 3. The summed E-state index contributed by atoms with van der Waals surface area (Å²) in [4.78, 5) is 41.6. The summed E-state index contributed by atoms with van der Waals surface area (Å²) in [6.45, 7) is 0.621. The minimum atomic E-state index is -0.902. The molecule has 0 bridgehead atoms. The van der Waals surface area contributed by atoms with Gasteiger partial charge in [-0.05, 0) is 35.1 Å². The van der Waals surface area contributed by atoms with Crippen LogP contribution in [0.2, 0.25) is 0 Å². The van der Waals surface area contributed by atoms with E-state index in [4.69, 9.17) is 21.9 Å². The van der Waals surface area contributed by atoms with Crippen molar-refractivity contribution in [3.05, 3.63) is 107 Å². The molecule has 0 radical (unpaired) electrons. The zero-order chi connectivity index (χ0) is 28.0. The lowest BCUT2D eigenvalue weighted by molar-refractivity contribution is -0.149. The molecular weight excluding hydrogens is 496 g/mol. The molecule has 3 rings (SSSR count). The van der Waals surface area contributed by atoms with E-state index in [2.05, 4.69) is 15.6 Å². The maximum Gasteiger partial charge on any atom is 0.328 e. The molecule has 10 nitrogen and oxygen atoms in total. The monoisotopic (exact) mass is 530 g/mol. The van der Waals surface area contributed by atoms with Crippen LogP contribution in [0.15, 0.2) is 89.9 Å². The molecular formula is C29H34N6O4. The first-order valence-electron chi connectivity index (χ1n) is 12.6. The van der Waals surface area contributed by atoms with Gasteiger partial charge in [0.2, 0.25) is 5.91 Å². The zero-order valence-corrected chi connectivity index (χ0v) is 21.6. The number of nitrogens with two attached hydrogens (primary N) is 3. The lowest BCUT2D eigenvalue weighted by Gasteiger charge is -2.22. The summed E-state index contributed by atoms with van der Waals surface area (Å²) >= 11 is 0. The average molecular weight is 531 g/mol. The number of hydrogen-bond acceptors (Lipinski definition) is 5. The van der Waals surface area contributed by atoms with Gasteiger partial charge in [-0.15, -0.1) is 0 Å². The van der Waals surface area contributed by atoms with E-state index < -0.39 is 24.0 Å². The molecule has 0 aliphatic rings. The van der Waals surface area contributed by atoms with Gasteiger partial charge in [0.15, 0.2) is 5.96 Å². The summed E-state index contributed by atoms with van der Waals surface area (Å²) < 4.78 is 5.57. The topological polar surface area (TPSA) is 175 Å². The van der Waals surface area contributed by atoms with Gasteiger partial charge in [0.1, 0.15) is 12.6 Å². The smallest absolute Gasteiger partial charge is 0.328 e. The van der Waals surface area contributed by atoms with E-state index in [1.54, 1.807) is 24.3 Å². The molecule has 0 saturated carbocycles. The van der Waals surface area contributed by atoms with E-state index in [1.165, 1.54) is 0 Å². The summed E-state index contributed by atoms with van der Waals surface area (Å²) in [5.74, 6) is -1.53. The zero-order valence-electron chi connectivity index (χ0n) is 21.6. The number of guanidine groups is 1. The van der Waals surface area contributed by atoms with Crippen LogP contribution >= 0.6 is 0 Å². The third-order valence-electron chi connectivity index (χ3n) is 5.95. The number of urea groups is 1. The normalized spacial score (nSPS) is 11.3. The van der Waals surface area contributed by atoms with Crippen molar-refractivity contribution in [2.45, 2.75) is 38.0 Å². The fourth-order valence-electron chi connectivity index (χ4n) is 3.99. The number of amides is 3. The third-order valence-corrected chi connectivity index (χ3v) is 5.95. The summed E-state index contributed by atoms with van der Waals surface area (Å²) in [5.41, 5.74) is 19.1. The molecule has 0 spiro atoms. The Hall–Kier alpha value is -4.86. The predicted octanol–water partition coefficient (Wildman–Crippen LogP) is 2.27. The molecule has 3 aromatic carbocycles. The van der Waals surface area contributed by atoms with E-state index in [-0.39, 0.29) is 24.9 Å². The minimum Gasteiger partial charge on any atom is -0.459 e. The van der Waals surface area contributed by atoms with Gasteiger partial charge >= 0.3 is 12.0 Å². The number of benzene rings is 3. The Morgan fingerprint density at radius 3 is 1.90 bits per heavy atom. The lowest BCUT2D eigenvalue weighted by atomic mass is 9.90.